The summed E-state index contributed by atoms with van der Waals surface area (Å²) in [4.78, 5) is 0. The van der Waals surface area contributed by atoms with Crippen LogP contribution in [0.15, 0.2) is 6.20 Å². The minimum Gasteiger partial charge on any atom is -0.387 e. The first-order valence-electron chi connectivity index (χ1n) is 6.12. The monoisotopic (exact) mass is 258 g/mol. The summed E-state index contributed by atoms with van der Waals surface area (Å²) in [5.41, 5.74) is -0.551. The standard InChI is InChI=1S/C12H19ClN2O2/c1-15-10(9(13)8-14-15)11(16)12(17)6-4-2-3-5-7-12/h8,11,16-17H,2-7H2,1H3. The van der Waals surface area contributed by atoms with Gasteiger partial charge in [-0.2, -0.15) is 5.10 Å². The predicted octanol–water partition coefficient (Wildman–Crippen LogP) is 2.19. The van der Waals surface area contributed by atoms with Gasteiger partial charge < -0.3 is 10.2 Å². The molecule has 1 heterocycles. The molecule has 5 heteroatoms. The summed E-state index contributed by atoms with van der Waals surface area (Å²) >= 11 is 6.01. The van der Waals surface area contributed by atoms with E-state index >= 15 is 0 Å². The van der Waals surface area contributed by atoms with Crippen molar-refractivity contribution in [3.05, 3.63) is 16.9 Å². The summed E-state index contributed by atoms with van der Waals surface area (Å²) in [6.07, 6.45) is 5.92. The number of rotatable bonds is 2. The maximum Gasteiger partial charge on any atom is 0.126 e. The minimum atomic E-state index is -1.06. The quantitative estimate of drug-likeness (QED) is 0.800. The second-order valence-corrected chi connectivity index (χ2v) is 5.33. The highest BCUT2D eigenvalue weighted by Gasteiger charge is 2.39. The highest BCUT2D eigenvalue weighted by Crippen LogP contribution is 2.39. The van der Waals surface area contributed by atoms with E-state index in [1.807, 2.05) is 0 Å². The van der Waals surface area contributed by atoms with E-state index < -0.39 is 11.7 Å². The average Bonchev–Trinajstić information content (AvgIpc) is 2.52. The minimum absolute atomic E-state index is 0.415. The van der Waals surface area contributed by atoms with Crippen molar-refractivity contribution in [3.8, 4) is 0 Å². The summed E-state index contributed by atoms with van der Waals surface area (Å²) in [6.45, 7) is 0. The van der Waals surface area contributed by atoms with E-state index in [1.165, 1.54) is 10.9 Å². The van der Waals surface area contributed by atoms with Crippen LogP contribution in [0.3, 0.4) is 0 Å². The normalized spacial score (nSPS) is 22.1. The molecule has 1 aliphatic carbocycles. The van der Waals surface area contributed by atoms with E-state index in [0.29, 0.717) is 23.6 Å². The molecule has 96 valence electrons. The van der Waals surface area contributed by atoms with E-state index in [2.05, 4.69) is 5.10 Å². The molecule has 2 N–H and O–H groups in total. The Labute approximate surface area is 106 Å². The van der Waals surface area contributed by atoms with Crippen LogP contribution in [0.1, 0.15) is 50.3 Å². The fourth-order valence-electron chi connectivity index (χ4n) is 2.60. The van der Waals surface area contributed by atoms with E-state index in [1.54, 1.807) is 7.05 Å². The fourth-order valence-corrected chi connectivity index (χ4v) is 2.87. The molecule has 1 aliphatic rings. The molecular weight excluding hydrogens is 240 g/mol. The molecule has 17 heavy (non-hydrogen) atoms. The maximum absolute atomic E-state index is 10.6. The van der Waals surface area contributed by atoms with Gasteiger partial charge >= 0.3 is 0 Å². The number of aliphatic hydroxyl groups is 2. The molecule has 1 atom stereocenters. The fraction of sp³-hybridized carbons (Fsp3) is 0.750. The van der Waals surface area contributed by atoms with Crippen molar-refractivity contribution in [3.63, 3.8) is 0 Å². The Morgan fingerprint density at radius 1 is 1.35 bits per heavy atom. The first kappa shape index (κ1) is 12.9. The topological polar surface area (TPSA) is 58.3 Å². The summed E-state index contributed by atoms with van der Waals surface area (Å²) < 4.78 is 1.54. The summed E-state index contributed by atoms with van der Waals surface area (Å²) in [7, 11) is 1.73. The Morgan fingerprint density at radius 3 is 2.41 bits per heavy atom. The number of hydrogen-bond donors (Lipinski definition) is 2. The van der Waals surface area contributed by atoms with Gasteiger partial charge in [0.1, 0.15) is 6.10 Å². The third-order valence-electron chi connectivity index (χ3n) is 3.67. The molecule has 0 radical (unpaired) electrons. The molecule has 0 spiro atoms. The van der Waals surface area contributed by atoms with Crippen molar-refractivity contribution in [2.45, 2.75) is 50.2 Å². The molecule has 0 aliphatic heterocycles. The number of halogens is 1. The zero-order valence-corrected chi connectivity index (χ0v) is 10.8. The lowest BCUT2D eigenvalue weighted by Crippen LogP contribution is -2.37. The van der Waals surface area contributed by atoms with Crippen LogP contribution in [-0.2, 0) is 7.05 Å². The molecule has 2 rings (SSSR count). The van der Waals surface area contributed by atoms with Crippen LogP contribution in [0, 0.1) is 0 Å². The summed E-state index contributed by atoms with van der Waals surface area (Å²) in [5.74, 6) is 0. The predicted molar refractivity (Wildman–Crippen MR) is 65.8 cm³/mol. The highest BCUT2D eigenvalue weighted by atomic mass is 35.5. The first-order chi connectivity index (χ1) is 8.04. The van der Waals surface area contributed by atoms with Crippen LogP contribution in [0.25, 0.3) is 0 Å². The Morgan fingerprint density at radius 2 is 1.94 bits per heavy atom. The van der Waals surface area contributed by atoms with Gasteiger partial charge in [0.15, 0.2) is 0 Å². The van der Waals surface area contributed by atoms with Crippen LogP contribution in [0.2, 0.25) is 5.02 Å². The van der Waals surface area contributed by atoms with Gasteiger partial charge in [-0.05, 0) is 12.8 Å². The van der Waals surface area contributed by atoms with E-state index in [0.717, 1.165) is 25.7 Å². The van der Waals surface area contributed by atoms with Crippen molar-refractivity contribution in [1.82, 2.24) is 9.78 Å². The number of nitrogens with zero attached hydrogens (tertiary/aromatic N) is 2. The molecule has 1 aromatic rings. The van der Waals surface area contributed by atoms with Crippen LogP contribution >= 0.6 is 11.6 Å². The molecule has 0 saturated heterocycles. The molecule has 0 amide bonds. The van der Waals surface area contributed by atoms with Gasteiger partial charge in [-0.15, -0.1) is 0 Å². The molecule has 4 nitrogen and oxygen atoms in total. The Bertz CT molecular complexity index is 364. The number of aliphatic hydroxyl groups excluding tert-OH is 1. The lowest BCUT2D eigenvalue weighted by molar-refractivity contribution is -0.0898. The van der Waals surface area contributed by atoms with Gasteiger partial charge in [-0.25, -0.2) is 0 Å². The van der Waals surface area contributed by atoms with Crippen molar-refractivity contribution in [2.75, 3.05) is 0 Å². The number of aryl methyl sites for hydroxylation is 1. The second-order valence-electron chi connectivity index (χ2n) is 4.92. The Hall–Kier alpha value is -0.580. The average molecular weight is 259 g/mol. The van der Waals surface area contributed by atoms with E-state index in [9.17, 15) is 10.2 Å². The molecule has 1 unspecified atom stereocenters. The van der Waals surface area contributed by atoms with Crippen LogP contribution in [0.4, 0.5) is 0 Å². The van der Waals surface area contributed by atoms with Crippen LogP contribution < -0.4 is 0 Å². The number of hydrogen-bond acceptors (Lipinski definition) is 3. The van der Waals surface area contributed by atoms with E-state index in [4.69, 9.17) is 11.6 Å². The van der Waals surface area contributed by atoms with Crippen molar-refractivity contribution < 1.29 is 10.2 Å². The summed E-state index contributed by atoms with van der Waals surface area (Å²) in [6, 6.07) is 0. The van der Waals surface area contributed by atoms with Crippen molar-refractivity contribution in [1.29, 1.82) is 0 Å². The lowest BCUT2D eigenvalue weighted by Gasteiger charge is -2.32. The van der Waals surface area contributed by atoms with Crippen LogP contribution in [0.5, 0.6) is 0 Å². The molecule has 1 aromatic heterocycles. The van der Waals surface area contributed by atoms with Crippen molar-refractivity contribution in [2.24, 2.45) is 7.05 Å². The lowest BCUT2D eigenvalue weighted by atomic mass is 9.86. The van der Waals surface area contributed by atoms with Gasteiger partial charge in [0.2, 0.25) is 0 Å². The Balaban J connectivity index is 2.26. The van der Waals surface area contributed by atoms with Gasteiger partial charge in [-0.1, -0.05) is 37.3 Å². The van der Waals surface area contributed by atoms with E-state index in [-0.39, 0.29) is 0 Å². The zero-order valence-electron chi connectivity index (χ0n) is 10.1. The second kappa shape index (κ2) is 4.96. The third-order valence-corrected chi connectivity index (χ3v) is 3.97. The molecule has 1 fully saturated rings. The smallest absolute Gasteiger partial charge is 0.126 e. The zero-order chi connectivity index (χ0) is 12.5. The van der Waals surface area contributed by atoms with Gasteiger partial charge in [0.05, 0.1) is 22.5 Å². The third kappa shape index (κ3) is 2.49. The molecular formula is C12H19ClN2O2. The molecule has 1 saturated carbocycles. The largest absolute Gasteiger partial charge is 0.387 e. The SMILES string of the molecule is Cn1ncc(Cl)c1C(O)C1(O)CCCCCC1. The summed E-state index contributed by atoms with van der Waals surface area (Å²) in [5, 5.41) is 25.4. The first-order valence-corrected chi connectivity index (χ1v) is 6.50. The van der Waals surface area contributed by atoms with Crippen molar-refractivity contribution >= 4 is 11.6 Å². The molecule has 0 aromatic carbocycles. The van der Waals surface area contributed by atoms with Gasteiger partial charge in [0.25, 0.3) is 0 Å². The van der Waals surface area contributed by atoms with Gasteiger partial charge in [0, 0.05) is 7.05 Å². The Kier molecular flexibility index (Phi) is 3.76. The van der Waals surface area contributed by atoms with Gasteiger partial charge in [-0.3, -0.25) is 4.68 Å². The number of aromatic nitrogens is 2. The molecule has 0 bridgehead atoms. The highest BCUT2D eigenvalue weighted by molar-refractivity contribution is 6.31. The maximum atomic E-state index is 10.6. The van der Waals surface area contributed by atoms with Crippen LogP contribution in [-0.4, -0.2) is 25.6 Å².